The van der Waals surface area contributed by atoms with Crippen LogP contribution in [0.15, 0.2) is 24.3 Å². The highest BCUT2D eigenvalue weighted by molar-refractivity contribution is 5.75. The number of rotatable bonds is 6. The van der Waals surface area contributed by atoms with Gasteiger partial charge in [0.2, 0.25) is 0 Å². The lowest BCUT2D eigenvalue weighted by Gasteiger charge is -2.12. The highest BCUT2D eigenvalue weighted by Gasteiger charge is 2.12. The van der Waals surface area contributed by atoms with Gasteiger partial charge in [0.25, 0.3) is 0 Å². The van der Waals surface area contributed by atoms with E-state index in [1.54, 1.807) is 13.8 Å². The summed E-state index contributed by atoms with van der Waals surface area (Å²) >= 11 is 0. The number of aliphatic hydroxyl groups is 1. The van der Waals surface area contributed by atoms with Crippen molar-refractivity contribution in [1.29, 1.82) is 0 Å². The van der Waals surface area contributed by atoms with Crippen LogP contribution < -0.4 is 5.32 Å². The predicted molar refractivity (Wildman–Crippen MR) is 65.3 cm³/mol. The molecule has 1 aromatic carbocycles. The Hall–Kier alpha value is -1.39. The maximum absolute atomic E-state index is 11.4. The van der Waals surface area contributed by atoms with Crippen molar-refractivity contribution in [3.05, 3.63) is 35.4 Å². The standard InChI is InChI=1S/C13H19NO3/c1-3-17-13(16)10(2)14-8-11-5-4-6-12(7-11)9-15/h4-7,10,14-15H,3,8-9H2,1-2H3. The van der Waals surface area contributed by atoms with Crippen molar-refractivity contribution in [2.45, 2.75) is 33.0 Å². The zero-order valence-electron chi connectivity index (χ0n) is 10.3. The van der Waals surface area contributed by atoms with Crippen molar-refractivity contribution in [3.8, 4) is 0 Å². The number of aliphatic hydroxyl groups excluding tert-OH is 1. The Labute approximate surface area is 102 Å². The first-order valence-electron chi connectivity index (χ1n) is 5.76. The molecule has 0 saturated heterocycles. The molecule has 0 saturated carbocycles. The number of nitrogens with one attached hydrogen (secondary N) is 1. The van der Waals surface area contributed by atoms with Crippen LogP contribution in [0, 0.1) is 0 Å². The fourth-order valence-corrected chi connectivity index (χ4v) is 1.46. The number of carbonyl (C=O) groups is 1. The number of esters is 1. The molecule has 2 N–H and O–H groups in total. The summed E-state index contributed by atoms with van der Waals surface area (Å²) in [6, 6.07) is 7.28. The Balaban J connectivity index is 2.46. The molecule has 1 atom stereocenters. The van der Waals surface area contributed by atoms with Crippen LogP contribution in [0.2, 0.25) is 0 Å². The lowest BCUT2D eigenvalue weighted by atomic mass is 10.1. The van der Waals surface area contributed by atoms with Crippen LogP contribution >= 0.6 is 0 Å². The maximum Gasteiger partial charge on any atom is 0.322 e. The van der Waals surface area contributed by atoms with Crippen molar-refractivity contribution in [2.24, 2.45) is 0 Å². The van der Waals surface area contributed by atoms with Gasteiger partial charge in [-0.2, -0.15) is 0 Å². The third kappa shape index (κ3) is 4.54. The smallest absolute Gasteiger partial charge is 0.322 e. The summed E-state index contributed by atoms with van der Waals surface area (Å²) in [5.41, 5.74) is 1.90. The zero-order valence-corrected chi connectivity index (χ0v) is 10.3. The molecular weight excluding hydrogens is 218 g/mol. The molecule has 17 heavy (non-hydrogen) atoms. The molecule has 0 amide bonds. The van der Waals surface area contributed by atoms with Gasteiger partial charge in [-0.25, -0.2) is 0 Å². The van der Waals surface area contributed by atoms with Crippen LogP contribution in [0.25, 0.3) is 0 Å². The van der Waals surface area contributed by atoms with E-state index in [2.05, 4.69) is 5.32 Å². The second kappa shape index (κ2) is 7.04. The quantitative estimate of drug-likeness (QED) is 0.730. The van der Waals surface area contributed by atoms with Crippen LogP contribution in [0.3, 0.4) is 0 Å². The Morgan fingerprint density at radius 3 is 2.82 bits per heavy atom. The van der Waals surface area contributed by atoms with E-state index in [4.69, 9.17) is 9.84 Å². The molecule has 0 aromatic heterocycles. The van der Waals surface area contributed by atoms with Crippen molar-refractivity contribution in [3.63, 3.8) is 0 Å². The summed E-state index contributed by atoms with van der Waals surface area (Å²) in [6.45, 7) is 4.56. The number of benzene rings is 1. The topological polar surface area (TPSA) is 58.6 Å². The highest BCUT2D eigenvalue weighted by Crippen LogP contribution is 2.05. The lowest BCUT2D eigenvalue weighted by Crippen LogP contribution is -2.34. The number of ether oxygens (including phenoxy) is 1. The van der Waals surface area contributed by atoms with Gasteiger partial charge in [-0.3, -0.25) is 4.79 Å². The molecule has 0 heterocycles. The molecule has 94 valence electrons. The summed E-state index contributed by atoms with van der Waals surface area (Å²) in [6.07, 6.45) is 0. The Bertz CT molecular complexity index is 365. The van der Waals surface area contributed by atoms with E-state index < -0.39 is 0 Å². The molecule has 1 rings (SSSR count). The van der Waals surface area contributed by atoms with Gasteiger partial charge in [0.05, 0.1) is 13.2 Å². The van der Waals surface area contributed by atoms with Gasteiger partial charge >= 0.3 is 5.97 Å². The van der Waals surface area contributed by atoms with Crippen LogP contribution in [0.4, 0.5) is 0 Å². The average Bonchev–Trinajstić information content (AvgIpc) is 2.36. The minimum Gasteiger partial charge on any atom is -0.465 e. The summed E-state index contributed by atoms with van der Waals surface area (Å²) in [5, 5.41) is 12.1. The average molecular weight is 237 g/mol. The van der Waals surface area contributed by atoms with E-state index in [0.717, 1.165) is 11.1 Å². The lowest BCUT2D eigenvalue weighted by molar-refractivity contribution is -0.145. The van der Waals surface area contributed by atoms with Gasteiger partial charge in [0.1, 0.15) is 6.04 Å². The predicted octanol–water partition coefficient (Wildman–Crippen LogP) is 1.22. The monoisotopic (exact) mass is 237 g/mol. The minimum atomic E-state index is -0.326. The summed E-state index contributed by atoms with van der Waals surface area (Å²) in [4.78, 5) is 11.4. The molecule has 1 unspecified atom stereocenters. The van der Waals surface area contributed by atoms with Gasteiger partial charge < -0.3 is 15.2 Å². The summed E-state index contributed by atoms with van der Waals surface area (Å²) in [7, 11) is 0. The van der Waals surface area contributed by atoms with Crippen molar-refractivity contribution < 1.29 is 14.6 Å². The van der Waals surface area contributed by atoms with Gasteiger partial charge in [-0.1, -0.05) is 24.3 Å². The SMILES string of the molecule is CCOC(=O)C(C)NCc1cccc(CO)c1. The minimum absolute atomic E-state index is 0.0290. The summed E-state index contributed by atoms with van der Waals surface area (Å²) in [5.74, 6) is -0.245. The van der Waals surface area contributed by atoms with Crippen LogP contribution in [0.1, 0.15) is 25.0 Å². The van der Waals surface area contributed by atoms with Gasteiger partial charge in [-0.15, -0.1) is 0 Å². The third-order valence-corrected chi connectivity index (χ3v) is 2.43. The molecule has 0 aliphatic heterocycles. The molecule has 0 radical (unpaired) electrons. The molecule has 0 bridgehead atoms. The fraction of sp³-hybridized carbons (Fsp3) is 0.462. The molecule has 0 spiro atoms. The first-order chi connectivity index (χ1) is 8.17. The zero-order chi connectivity index (χ0) is 12.7. The van der Waals surface area contributed by atoms with E-state index in [-0.39, 0.29) is 18.6 Å². The van der Waals surface area contributed by atoms with Gasteiger partial charge in [-0.05, 0) is 25.0 Å². The highest BCUT2D eigenvalue weighted by atomic mass is 16.5. The van der Waals surface area contributed by atoms with E-state index in [1.165, 1.54) is 0 Å². The molecule has 0 aliphatic carbocycles. The van der Waals surface area contributed by atoms with E-state index in [1.807, 2.05) is 24.3 Å². The van der Waals surface area contributed by atoms with Gasteiger partial charge in [0, 0.05) is 6.54 Å². The van der Waals surface area contributed by atoms with E-state index >= 15 is 0 Å². The number of hydrogen-bond donors (Lipinski definition) is 2. The summed E-state index contributed by atoms with van der Waals surface area (Å²) < 4.78 is 4.90. The Kier molecular flexibility index (Phi) is 5.66. The maximum atomic E-state index is 11.4. The molecule has 4 nitrogen and oxygen atoms in total. The second-order valence-corrected chi connectivity index (χ2v) is 3.83. The first kappa shape index (κ1) is 13.7. The van der Waals surface area contributed by atoms with Crippen LogP contribution in [-0.2, 0) is 22.7 Å². The first-order valence-corrected chi connectivity index (χ1v) is 5.76. The number of carbonyl (C=O) groups excluding carboxylic acids is 1. The fourth-order valence-electron chi connectivity index (χ4n) is 1.46. The third-order valence-electron chi connectivity index (χ3n) is 2.43. The Morgan fingerprint density at radius 1 is 1.47 bits per heavy atom. The van der Waals surface area contributed by atoms with Crippen molar-refractivity contribution in [2.75, 3.05) is 6.61 Å². The molecule has 0 aliphatic rings. The van der Waals surface area contributed by atoms with E-state index in [0.29, 0.717) is 13.2 Å². The number of hydrogen-bond acceptors (Lipinski definition) is 4. The van der Waals surface area contributed by atoms with E-state index in [9.17, 15) is 4.79 Å². The normalized spacial score (nSPS) is 12.2. The van der Waals surface area contributed by atoms with Gasteiger partial charge in [0.15, 0.2) is 0 Å². The molecule has 0 fully saturated rings. The Morgan fingerprint density at radius 2 is 2.18 bits per heavy atom. The largest absolute Gasteiger partial charge is 0.465 e. The van der Waals surface area contributed by atoms with Crippen LogP contribution in [-0.4, -0.2) is 23.7 Å². The van der Waals surface area contributed by atoms with Crippen LogP contribution in [0.5, 0.6) is 0 Å². The molecular formula is C13H19NO3. The molecule has 4 heteroatoms. The molecule has 1 aromatic rings. The second-order valence-electron chi connectivity index (χ2n) is 3.83. The van der Waals surface area contributed by atoms with Crippen molar-refractivity contribution >= 4 is 5.97 Å². The van der Waals surface area contributed by atoms with Crippen molar-refractivity contribution in [1.82, 2.24) is 5.32 Å².